The Morgan fingerprint density at radius 3 is 2.68 bits per heavy atom. The second kappa shape index (κ2) is 8.22. The van der Waals surface area contributed by atoms with E-state index in [0.29, 0.717) is 5.95 Å². The van der Waals surface area contributed by atoms with Crippen LogP contribution in [0.3, 0.4) is 0 Å². The van der Waals surface area contributed by atoms with Crippen molar-refractivity contribution >= 4 is 27.6 Å². The van der Waals surface area contributed by atoms with Crippen molar-refractivity contribution in [2.75, 3.05) is 19.5 Å². The molecule has 1 N–H and O–H groups in total. The van der Waals surface area contributed by atoms with Crippen LogP contribution in [0.15, 0.2) is 83.1 Å². The Morgan fingerprint density at radius 2 is 1.85 bits per heavy atom. The Balaban J connectivity index is 1.61. The zero-order valence-electron chi connectivity index (χ0n) is 18.5. The predicted octanol–water partition coefficient (Wildman–Crippen LogP) is 5.62. The van der Waals surface area contributed by atoms with Crippen molar-refractivity contribution in [2.24, 2.45) is 0 Å². The van der Waals surface area contributed by atoms with E-state index in [1.165, 1.54) is 0 Å². The van der Waals surface area contributed by atoms with Crippen LogP contribution in [-0.4, -0.2) is 29.0 Å². The molecule has 1 aromatic heterocycles. The van der Waals surface area contributed by atoms with E-state index in [-0.39, 0.29) is 12.1 Å². The molecule has 6 rings (SSSR count). The molecule has 4 aromatic rings. The van der Waals surface area contributed by atoms with Gasteiger partial charge in [-0.3, -0.25) is 0 Å². The van der Waals surface area contributed by atoms with Crippen LogP contribution in [0.1, 0.15) is 28.8 Å². The van der Waals surface area contributed by atoms with Crippen LogP contribution < -0.4 is 19.5 Å². The number of hydrogen-bond acceptors (Lipinski definition) is 6. The fraction of sp³-hybridized carbons (Fsp3) is 0.154. The molecular formula is C26H21BrN4O3. The van der Waals surface area contributed by atoms with E-state index in [2.05, 4.69) is 43.5 Å². The Hall–Kier alpha value is -3.78. The zero-order chi connectivity index (χ0) is 23.2. The molecule has 0 saturated carbocycles. The van der Waals surface area contributed by atoms with Crippen LogP contribution in [0.5, 0.6) is 17.2 Å². The number of methoxy groups -OCH3 is 2. The van der Waals surface area contributed by atoms with Crippen molar-refractivity contribution in [2.45, 2.75) is 12.1 Å². The van der Waals surface area contributed by atoms with Crippen LogP contribution in [0.25, 0.3) is 5.70 Å². The van der Waals surface area contributed by atoms with E-state index in [4.69, 9.17) is 14.2 Å². The average Bonchev–Trinajstić information content (AvgIpc) is 3.35. The first-order valence-corrected chi connectivity index (χ1v) is 11.6. The summed E-state index contributed by atoms with van der Waals surface area (Å²) in [4.78, 5) is 4.48. The number of hydrogen-bond donors (Lipinski definition) is 1. The molecule has 0 bridgehead atoms. The lowest BCUT2D eigenvalue weighted by Gasteiger charge is -2.39. The molecule has 34 heavy (non-hydrogen) atoms. The maximum absolute atomic E-state index is 6.66. The predicted molar refractivity (Wildman–Crippen MR) is 132 cm³/mol. The second-order valence-corrected chi connectivity index (χ2v) is 8.91. The van der Waals surface area contributed by atoms with E-state index in [0.717, 1.165) is 49.7 Å². The molecule has 0 unspecified atom stereocenters. The van der Waals surface area contributed by atoms with Crippen LogP contribution in [0.4, 0.5) is 5.95 Å². The molecule has 8 heteroatoms. The molecular weight excluding hydrogens is 496 g/mol. The van der Waals surface area contributed by atoms with Gasteiger partial charge in [0, 0.05) is 11.1 Å². The topological polar surface area (TPSA) is 70.4 Å². The summed E-state index contributed by atoms with van der Waals surface area (Å²) in [7, 11) is 3.33. The summed E-state index contributed by atoms with van der Waals surface area (Å²) < 4.78 is 20.4. The molecule has 3 aromatic carbocycles. The van der Waals surface area contributed by atoms with E-state index in [1.807, 2.05) is 59.3 Å². The quantitative estimate of drug-likeness (QED) is 0.379. The highest BCUT2D eigenvalue weighted by molar-refractivity contribution is 9.10. The molecule has 7 nitrogen and oxygen atoms in total. The molecule has 0 saturated heterocycles. The summed E-state index contributed by atoms with van der Waals surface area (Å²) in [5, 5.41) is 8.10. The maximum atomic E-state index is 6.66. The van der Waals surface area contributed by atoms with Crippen molar-refractivity contribution in [3.8, 4) is 17.2 Å². The molecule has 170 valence electrons. The number of anilines is 1. The molecule has 2 atom stereocenters. The normalized spacial score (nSPS) is 18.2. The molecule has 0 radical (unpaired) electrons. The third kappa shape index (κ3) is 3.25. The Labute approximate surface area is 205 Å². The van der Waals surface area contributed by atoms with Gasteiger partial charge in [-0.15, -0.1) is 0 Å². The molecule has 0 aliphatic carbocycles. The summed E-state index contributed by atoms with van der Waals surface area (Å²) in [6.07, 6.45) is 1.20. The molecule has 2 aliphatic heterocycles. The van der Waals surface area contributed by atoms with Gasteiger partial charge >= 0.3 is 0 Å². The van der Waals surface area contributed by atoms with Gasteiger partial charge in [0.25, 0.3) is 0 Å². The lowest BCUT2D eigenvalue weighted by Crippen LogP contribution is -2.32. The maximum Gasteiger partial charge on any atom is 0.226 e. The van der Waals surface area contributed by atoms with Gasteiger partial charge in [0.15, 0.2) is 0 Å². The van der Waals surface area contributed by atoms with Crippen LogP contribution >= 0.6 is 15.9 Å². The first-order valence-electron chi connectivity index (χ1n) is 10.8. The Kier molecular flexibility index (Phi) is 5.03. The minimum absolute atomic E-state index is 0.247. The number of fused-ring (bicyclic) bond motifs is 3. The largest absolute Gasteiger partial charge is 0.497 e. The molecule has 0 amide bonds. The van der Waals surface area contributed by atoms with Gasteiger partial charge in [-0.1, -0.05) is 30.3 Å². The van der Waals surface area contributed by atoms with Gasteiger partial charge in [0.2, 0.25) is 5.95 Å². The number of nitrogens with zero attached hydrogens (tertiary/aromatic N) is 3. The SMILES string of the molecule is COc1cccc([C@@H]2C3=C(Nc4ncnn42)c2ccccc2O[C@H]3c2ccc(OC)c(Br)c2)c1. The lowest BCUT2D eigenvalue weighted by molar-refractivity contribution is 0.223. The first-order chi connectivity index (χ1) is 16.7. The Bertz CT molecular complexity index is 1430. The Morgan fingerprint density at radius 1 is 0.971 bits per heavy atom. The molecule has 3 heterocycles. The van der Waals surface area contributed by atoms with Crippen molar-refractivity contribution in [3.05, 3.63) is 99.8 Å². The summed E-state index contributed by atoms with van der Waals surface area (Å²) in [6.45, 7) is 0. The van der Waals surface area contributed by atoms with Crippen molar-refractivity contribution in [1.82, 2.24) is 14.8 Å². The number of ether oxygens (including phenoxy) is 3. The number of para-hydroxylation sites is 1. The number of nitrogens with one attached hydrogen (secondary N) is 1. The lowest BCUT2D eigenvalue weighted by atomic mass is 9.84. The molecule has 0 fully saturated rings. The zero-order valence-corrected chi connectivity index (χ0v) is 20.1. The summed E-state index contributed by atoms with van der Waals surface area (Å²) >= 11 is 3.64. The third-order valence-corrected chi connectivity index (χ3v) is 6.83. The number of benzene rings is 3. The smallest absolute Gasteiger partial charge is 0.226 e. The van der Waals surface area contributed by atoms with Crippen molar-refractivity contribution in [3.63, 3.8) is 0 Å². The highest BCUT2D eigenvalue weighted by Crippen LogP contribution is 2.51. The van der Waals surface area contributed by atoms with E-state index in [9.17, 15) is 0 Å². The van der Waals surface area contributed by atoms with Crippen LogP contribution in [0, 0.1) is 0 Å². The number of halogens is 1. The number of rotatable bonds is 4. The summed E-state index contributed by atoms with van der Waals surface area (Å²) in [6, 6.07) is 21.9. The molecule has 2 aliphatic rings. The van der Waals surface area contributed by atoms with Gasteiger partial charge in [0.1, 0.15) is 35.7 Å². The van der Waals surface area contributed by atoms with Gasteiger partial charge in [-0.2, -0.15) is 10.1 Å². The van der Waals surface area contributed by atoms with E-state index in [1.54, 1.807) is 20.5 Å². The van der Waals surface area contributed by atoms with Gasteiger partial charge in [-0.25, -0.2) is 4.68 Å². The van der Waals surface area contributed by atoms with Crippen LogP contribution in [-0.2, 0) is 0 Å². The first kappa shape index (κ1) is 20.8. The van der Waals surface area contributed by atoms with Gasteiger partial charge in [0.05, 0.1) is 24.4 Å². The molecule has 0 spiro atoms. The van der Waals surface area contributed by atoms with Gasteiger partial charge < -0.3 is 19.5 Å². The monoisotopic (exact) mass is 516 g/mol. The summed E-state index contributed by atoms with van der Waals surface area (Å²) in [5.74, 6) is 3.03. The minimum atomic E-state index is -0.367. The van der Waals surface area contributed by atoms with Crippen molar-refractivity contribution < 1.29 is 14.2 Å². The fourth-order valence-electron chi connectivity index (χ4n) is 4.67. The third-order valence-electron chi connectivity index (χ3n) is 6.21. The van der Waals surface area contributed by atoms with E-state index < -0.39 is 0 Å². The highest BCUT2D eigenvalue weighted by atomic mass is 79.9. The van der Waals surface area contributed by atoms with Crippen LogP contribution in [0.2, 0.25) is 0 Å². The standard InChI is InChI=1S/C26H21BrN4O3/c1-32-17-7-5-6-15(12-17)24-22-23(30-26-28-14-29-31(24)26)18-8-3-4-9-20(18)34-25(22)16-10-11-21(33-2)19(27)13-16/h3-14,24-25H,1-2H3,(H,28,29,30)/t24-,25+/m1/s1. The van der Waals surface area contributed by atoms with E-state index >= 15 is 0 Å². The summed E-state index contributed by atoms with van der Waals surface area (Å²) in [5.41, 5.74) is 5.03. The van der Waals surface area contributed by atoms with Gasteiger partial charge in [-0.05, 0) is 63.5 Å². The fourth-order valence-corrected chi connectivity index (χ4v) is 5.23. The average molecular weight is 517 g/mol. The highest BCUT2D eigenvalue weighted by Gasteiger charge is 2.41. The second-order valence-electron chi connectivity index (χ2n) is 8.05. The minimum Gasteiger partial charge on any atom is -0.497 e. The number of aromatic nitrogens is 3. The van der Waals surface area contributed by atoms with Crippen molar-refractivity contribution in [1.29, 1.82) is 0 Å².